The van der Waals surface area contributed by atoms with Crippen LogP contribution < -0.4 is 5.73 Å². The number of nitrogens with zero attached hydrogens (tertiary/aromatic N) is 1. The minimum Gasteiger partial charge on any atom is -0.323 e. The lowest BCUT2D eigenvalue weighted by Gasteiger charge is -2.33. The average Bonchev–Trinajstić information content (AvgIpc) is 2.55. The Balaban J connectivity index is 2.12. The van der Waals surface area contributed by atoms with Crippen molar-refractivity contribution in [3.63, 3.8) is 0 Å². The zero-order valence-corrected chi connectivity index (χ0v) is 11.4. The molecule has 2 nitrogen and oxygen atoms in total. The number of nitrogens with two attached hydrogens (primary N) is 1. The molecule has 1 aromatic rings. The first-order chi connectivity index (χ1) is 7.88. The van der Waals surface area contributed by atoms with E-state index in [9.17, 15) is 0 Å². The zero-order chi connectivity index (χ0) is 12.6. The molecule has 0 saturated carbocycles. The Bertz CT molecular complexity index is 392. The standard InChI is InChI=1S/C15H24N2/c1-15(2,3)10-17(4)13-9-11-7-5-6-8-12(11)14(13)16/h5-8,13-14H,9-10,16H2,1-4H3. The molecule has 2 unspecified atom stereocenters. The van der Waals surface area contributed by atoms with Crippen molar-refractivity contribution in [1.29, 1.82) is 0 Å². The van der Waals surface area contributed by atoms with E-state index in [0.29, 0.717) is 11.5 Å². The fourth-order valence-corrected chi connectivity index (χ4v) is 2.90. The predicted molar refractivity (Wildman–Crippen MR) is 72.9 cm³/mol. The molecule has 1 aliphatic carbocycles. The Morgan fingerprint density at radius 3 is 2.53 bits per heavy atom. The van der Waals surface area contributed by atoms with Crippen LogP contribution in [-0.4, -0.2) is 24.5 Å². The van der Waals surface area contributed by atoms with Gasteiger partial charge in [0.15, 0.2) is 0 Å². The van der Waals surface area contributed by atoms with Gasteiger partial charge in [-0.15, -0.1) is 0 Å². The van der Waals surface area contributed by atoms with Gasteiger partial charge >= 0.3 is 0 Å². The molecule has 2 rings (SSSR count). The number of likely N-dealkylation sites (N-methyl/N-ethyl adjacent to an activating group) is 1. The lowest BCUT2D eigenvalue weighted by Crippen LogP contribution is -2.42. The Morgan fingerprint density at radius 1 is 1.29 bits per heavy atom. The number of hydrogen-bond donors (Lipinski definition) is 1. The number of fused-ring (bicyclic) bond motifs is 1. The van der Waals surface area contributed by atoms with Gasteiger partial charge in [0, 0.05) is 18.6 Å². The summed E-state index contributed by atoms with van der Waals surface area (Å²) < 4.78 is 0. The highest BCUT2D eigenvalue weighted by atomic mass is 15.2. The van der Waals surface area contributed by atoms with Crippen molar-refractivity contribution in [3.8, 4) is 0 Å². The first-order valence-electron chi connectivity index (χ1n) is 6.42. The van der Waals surface area contributed by atoms with Crippen molar-refractivity contribution in [1.82, 2.24) is 4.90 Å². The molecule has 0 aromatic heterocycles. The van der Waals surface area contributed by atoms with Crippen LogP contribution in [0.2, 0.25) is 0 Å². The third-order valence-corrected chi connectivity index (χ3v) is 3.55. The summed E-state index contributed by atoms with van der Waals surface area (Å²) in [5.41, 5.74) is 9.45. The van der Waals surface area contributed by atoms with Gasteiger partial charge in [-0.3, -0.25) is 0 Å². The van der Waals surface area contributed by atoms with Crippen LogP contribution in [0.15, 0.2) is 24.3 Å². The van der Waals surface area contributed by atoms with E-state index in [-0.39, 0.29) is 6.04 Å². The summed E-state index contributed by atoms with van der Waals surface area (Å²) in [6.45, 7) is 7.91. The minimum absolute atomic E-state index is 0.165. The van der Waals surface area contributed by atoms with E-state index in [0.717, 1.165) is 13.0 Å². The molecule has 0 saturated heterocycles. The van der Waals surface area contributed by atoms with E-state index < -0.39 is 0 Å². The highest BCUT2D eigenvalue weighted by Gasteiger charge is 2.33. The molecule has 0 amide bonds. The second-order valence-electron chi connectivity index (χ2n) is 6.47. The van der Waals surface area contributed by atoms with Crippen LogP contribution in [0.5, 0.6) is 0 Å². The molecule has 0 fully saturated rings. The van der Waals surface area contributed by atoms with Crippen LogP contribution in [0.1, 0.15) is 37.9 Å². The first kappa shape index (κ1) is 12.6. The molecule has 17 heavy (non-hydrogen) atoms. The molecule has 2 heteroatoms. The molecule has 94 valence electrons. The lowest BCUT2D eigenvalue weighted by atomic mass is 9.95. The summed E-state index contributed by atoms with van der Waals surface area (Å²) in [7, 11) is 2.20. The molecule has 2 N–H and O–H groups in total. The van der Waals surface area contributed by atoms with E-state index >= 15 is 0 Å². The van der Waals surface area contributed by atoms with Crippen LogP contribution in [0.4, 0.5) is 0 Å². The molecule has 1 aromatic carbocycles. The predicted octanol–water partition coefficient (Wildman–Crippen LogP) is 2.59. The maximum atomic E-state index is 6.37. The molecule has 0 bridgehead atoms. The third-order valence-electron chi connectivity index (χ3n) is 3.55. The number of hydrogen-bond acceptors (Lipinski definition) is 2. The summed E-state index contributed by atoms with van der Waals surface area (Å²) in [4.78, 5) is 2.42. The van der Waals surface area contributed by atoms with Crippen LogP contribution in [0, 0.1) is 5.41 Å². The largest absolute Gasteiger partial charge is 0.323 e. The summed E-state index contributed by atoms with van der Waals surface area (Å²) in [5, 5.41) is 0. The Labute approximate surface area is 105 Å². The van der Waals surface area contributed by atoms with Gasteiger partial charge in [0.05, 0.1) is 0 Å². The monoisotopic (exact) mass is 232 g/mol. The van der Waals surface area contributed by atoms with Crippen LogP contribution in [-0.2, 0) is 6.42 Å². The molecular formula is C15H24N2. The molecule has 2 atom stereocenters. The first-order valence-corrected chi connectivity index (χ1v) is 6.42. The van der Waals surface area contributed by atoms with Gasteiger partial charge in [-0.05, 0) is 30.0 Å². The second kappa shape index (κ2) is 4.43. The van der Waals surface area contributed by atoms with Crippen molar-refractivity contribution in [2.24, 2.45) is 11.1 Å². The van der Waals surface area contributed by atoms with Crippen molar-refractivity contribution < 1.29 is 0 Å². The van der Waals surface area contributed by atoms with Crippen LogP contribution in [0.25, 0.3) is 0 Å². The second-order valence-corrected chi connectivity index (χ2v) is 6.47. The van der Waals surface area contributed by atoms with Gasteiger partial charge in [-0.1, -0.05) is 45.0 Å². The minimum atomic E-state index is 0.165. The lowest BCUT2D eigenvalue weighted by molar-refractivity contribution is 0.159. The highest BCUT2D eigenvalue weighted by Crippen LogP contribution is 2.33. The maximum Gasteiger partial charge on any atom is 0.0459 e. The van der Waals surface area contributed by atoms with Crippen molar-refractivity contribution >= 4 is 0 Å². The van der Waals surface area contributed by atoms with E-state index in [1.165, 1.54) is 11.1 Å². The van der Waals surface area contributed by atoms with Crippen LogP contribution >= 0.6 is 0 Å². The number of benzene rings is 1. The van der Waals surface area contributed by atoms with Gasteiger partial charge < -0.3 is 10.6 Å². The fourth-order valence-electron chi connectivity index (χ4n) is 2.90. The number of rotatable bonds is 2. The average molecular weight is 232 g/mol. The van der Waals surface area contributed by atoms with Gasteiger partial charge in [-0.2, -0.15) is 0 Å². The Hall–Kier alpha value is -0.860. The molecule has 0 radical (unpaired) electrons. The van der Waals surface area contributed by atoms with Gasteiger partial charge in [-0.25, -0.2) is 0 Å². The smallest absolute Gasteiger partial charge is 0.0459 e. The van der Waals surface area contributed by atoms with Crippen molar-refractivity contribution in [2.45, 2.75) is 39.3 Å². The normalized spacial score (nSPS) is 24.1. The fraction of sp³-hybridized carbons (Fsp3) is 0.600. The quantitative estimate of drug-likeness (QED) is 0.849. The van der Waals surface area contributed by atoms with Gasteiger partial charge in [0.25, 0.3) is 0 Å². The van der Waals surface area contributed by atoms with E-state index in [4.69, 9.17) is 5.73 Å². The molecule has 0 aliphatic heterocycles. The van der Waals surface area contributed by atoms with Crippen molar-refractivity contribution in [3.05, 3.63) is 35.4 Å². The molecule has 1 aliphatic rings. The Morgan fingerprint density at radius 2 is 1.94 bits per heavy atom. The summed E-state index contributed by atoms with van der Waals surface area (Å²) in [5.74, 6) is 0. The zero-order valence-electron chi connectivity index (χ0n) is 11.4. The maximum absolute atomic E-state index is 6.37. The summed E-state index contributed by atoms with van der Waals surface area (Å²) >= 11 is 0. The summed E-state index contributed by atoms with van der Waals surface area (Å²) in [6.07, 6.45) is 1.09. The van der Waals surface area contributed by atoms with E-state index in [1.807, 2.05) is 0 Å². The van der Waals surface area contributed by atoms with E-state index in [2.05, 4.69) is 57.0 Å². The Kier molecular flexibility index (Phi) is 3.28. The van der Waals surface area contributed by atoms with Crippen molar-refractivity contribution in [2.75, 3.05) is 13.6 Å². The SMILES string of the molecule is CN(CC(C)(C)C)C1Cc2ccccc2C1N. The van der Waals surface area contributed by atoms with Gasteiger partial charge in [0.1, 0.15) is 0 Å². The summed E-state index contributed by atoms with van der Waals surface area (Å²) in [6, 6.07) is 9.19. The van der Waals surface area contributed by atoms with E-state index in [1.54, 1.807) is 0 Å². The highest BCUT2D eigenvalue weighted by molar-refractivity contribution is 5.36. The molecular weight excluding hydrogens is 208 g/mol. The van der Waals surface area contributed by atoms with Crippen LogP contribution in [0.3, 0.4) is 0 Å². The molecule has 0 heterocycles. The molecule has 0 spiro atoms. The van der Waals surface area contributed by atoms with Gasteiger partial charge in [0.2, 0.25) is 0 Å². The third kappa shape index (κ3) is 2.70. The topological polar surface area (TPSA) is 29.3 Å².